The number of nitrogens with one attached hydrogen (secondary N) is 2. The van der Waals surface area contributed by atoms with Crippen LogP contribution in [0.2, 0.25) is 0 Å². The van der Waals surface area contributed by atoms with Crippen LogP contribution in [0.15, 0.2) is 54.6 Å². The Bertz CT molecular complexity index is 1170. The molecular formula is C33H45N3O4. The van der Waals surface area contributed by atoms with Gasteiger partial charge in [-0.1, -0.05) is 86.3 Å². The average molecular weight is 548 g/mol. The maximum atomic E-state index is 14.5. The standard InChI is InChI=1S/C33H45N3O4/c1-22-13-12-16-25(19-22)29(30(37)34-26-17-10-7-11-18-26)36(28-20-23(28)2)31(38)27(21-24-14-8-6-9-15-24)35-32(39)40-33(3,4)5/h6,8-9,12-16,19,23,26-29H,7,10-11,17-18,20-21H2,1-5H3,(H,34,37)(H,35,39). The van der Waals surface area contributed by atoms with Crippen molar-refractivity contribution >= 4 is 17.9 Å². The topological polar surface area (TPSA) is 87.7 Å². The molecule has 0 bridgehead atoms. The highest BCUT2D eigenvalue weighted by atomic mass is 16.6. The quantitative estimate of drug-likeness (QED) is 0.412. The second-order valence-electron chi connectivity index (χ2n) is 12.6. The monoisotopic (exact) mass is 547 g/mol. The Morgan fingerprint density at radius 2 is 1.68 bits per heavy atom. The summed E-state index contributed by atoms with van der Waals surface area (Å²) >= 11 is 0. The molecule has 216 valence electrons. The molecule has 2 aliphatic carbocycles. The zero-order valence-electron chi connectivity index (χ0n) is 24.6. The fraction of sp³-hybridized carbons (Fsp3) is 0.545. The Morgan fingerprint density at radius 1 is 1.00 bits per heavy atom. The molecule has 4 unspecified atom stereocenters. The minimum absolute atomic E-state index is 0.0890. The second-order valence-corrected chi connectivity index (χ2v) is 12.6. The van der Waals surface area contributed by atoms with Crippen LogP contribution < -0.4 is 10.6 Å². The number of hydrogen-bond donors (Lipinski definition) is 2. The van der Waals surface area contributed by atoms with Gasteiger partial charge in [0.2, 0.25) is 11.8 Å². The fourth-order valence-electron chi connectivity index (χ4n) is 5.66. The van der Waals surface area contributed by atoms with E-state index in [1.165, 1.54) is 6.42 Å². The van der Waals surface area contributed by atoms with Crippen LogP contribution in [0.25, 0.3) is 0 Å². The number of carbonyl (C=O) groups excluding carboxylic acids is 3. The molecule has 7 nitrogen and oxygen atoms in total. The summed E-state index contributed by atoms with van der Waals surface area (Å²) in [6, 6.07) is 15.8. The van der Waals surface area contributed by atoms with Crippen LogP contribution in [0, 0.1) is 12.8 Å². The highest BCUT2D eigenvalue weighted by Crippen LogP contribution is 2.41. The molecule has 0 aliphatic heterocycles. The number of carbonyl (C=O) groups is 3. The fourth-order valence-corrected chi connectivity index (χ4v) is 5.66. The van der Waals surface area contributed by atoms with Crippen LogP contribution in [-0.4, -0.2) is 46.5 Å². The number of nitrogens with zero attached hydrogens (tertiary/aromatic N) is 1. The number of ether oxygens (including phenoxy) is 1. The van der Waals surface area contributed by atoms with E-state index in [9.17, 15) is 14.4 Å². The van der Waals surface area contributed by atoms with Crippen molar-refractivity contribution in [2.75, 3.05) is 0 Å². The average Bonchev–Trinajstić information content (AvgIpc) is 3.62. The highest BCUT2D eigenvalue weighted by Gasteiger charge is 2.48. The molecule has 40 heavy (non-hydrogen) atoms. The van der Waals surface area contributed by atoms with Gasteiger partial charge in [0.25, 0.3) is 0 Å². The Hall–Kier alpha value is -3.35. The Morgan fingerprint density at radius 3 is 2.27 bits per heavy atom. The maximum Gasteiger partial charge on any atom is 0.408 e. The summed E-state index contributed by atoms with van der Waals surface area (Å²) in [7, 11) is 0. The zero-order chi connectivity index (χ0) is 28.9. The predicted molar refractivity (Wildman–Crippen MR) is 157 cm³/mol. The molecule has 4 rings (SSSR count). The molecule has 2 N–H and O–H groups in total. The van der Waals surface area contributed by atoms with Crippen molar-refractivity contribution in [2.24, 2.45) is 5.92 Å². The van der Waals surface area contributed by atoms with Crippen molar-refractivity contribution in [1.29, 1.82) is 0 Å². The molecule has 2 aliphatic rings. The van der Waals surface area contributed by atoms with Gasteiger partial charge < -0.3 is 20.3 Å². The van der Waals surface area contributed by atoms with Gasteiger partial charge in [-0.2, -0.15) is 0 Å². The lowest BCUT2D eigenvalue weighted by Crippen LogP contribution is -2.55. The van der Waals surface area contributed by atoms with Crippen LogP contribution in [0.1, 0.15) is 89.0 Å². The number of hydrogen-bond acceptors (Lipinski definition) is 4. The van der Waals surface area contributed by atoms with Crippen molar-refractivity contribution < 1.29 is 19.1 Å². The molecule has 0 radical (unpaired) electrons. The molecule has 3 amide bonds. The Kier molecular flexibility index (Phi) is 9.54. The SMILES string of the molecule is Cc1cccc(C(C(=O)NC2CCCCC2)N(C(=O)C(Cc2ccccc2)NC(=O)OC(C)(C)C)C2CC2C)c1. The minimum Gasteiger partial charge on any atom is -0.444 e. The summed E-state index contributed by atoms with van der Waals surface area (Å²) in [5, 5.41) is 6.14. The lowest BCUT2D eigenvalue weighted by Gasteiger charge is -2.36. The summed E-state index contributed by atoms with van der Waals surface area (Å²) in [5.41, 5.74) is 2.02. The lowest BCUT2D eigenvalue weighted by molar-refractivity contribution is -0.143. The number of aryl methyl sites for hydroxylation is 1. The van der Waals surface area contributed by atoms with Crippen LogP contribution in [-0.2, 0) is 20.7 Å². The van der Waals surface area contributed by atoms with Gasteiger partial charge in [-0.25, -0.2) is 4.79 Å². The number of amides is 3. The summed E-state index contributed by atoms with van der Waals surface area (Å²) in [5.74, 6) is -0.160. The summed E-state index contributed by atoms with van der Waals surface area (Å²) in [6.45, 7) is 9.48. The minimum atomic E-state index is -0.889. The Labute approximate surface area is 239 Å². The van der Waals surface area contributed by atoms with Gasteiger partial charge in [-0.15, -0.1) is 0 Å². The molecule has 2 fully saturated rings. The van der Waals surface area contributed by atoms with Crippen molar-refractivity contribution in [1.82, 2.24) is 15.5 Å². The van der Waals surface area contributed by atoms with Gasteiger partial charge in [0.05, 0.1) is 0 Å². The van der Waals surface area contributed by atoms with Crippen LogP contribution in [0.4, 0.5) is 4.79 Å². The molecule has 2 aromatic rings. The van der Waals surface area contributed by atoms with Crippen LogP contribution in [0.3, 0.4) is 0 Å². The summed E-state index contributed by atoms with van der Waals surface area (Å²) < 4.78 is 5.54. The van der Waals surface area contributed by atoms with Crippen molar-refractivity contribution in [3.05, 3.63) is 71.3 Å². The highest BCUT2D eigenvalue weighted by molar-refractivity contribution is 5.93. The van der Waals surface area contributed by atoms with E-state index in [1.807, 2.05) is 61.5 Å². The van der Waals surface area contributed by atoms with Gasteiger partial charge in [-0.05, 0) is 64.0 Å². The third-order valence-electron chi connectivity index (χ3n) is 7.79. The van der Waals surface area contributed by atoms with Gasteiger partial charge in [-0.3, -0.25) is 9.59 Å². The molecule has 0 saturated heterocycles. The zero-order valence-corrected chi connectivity index (χ0v) is 24.6. The van der Waals surface area contributed by atoms with E-state index >= 15 is 0 Å². The van der Waals surface area contributed by atoms with Gasteiger partial charge in [0.1, 0.15) is 17.7 Å². The van der Waals surface area contributed by atoms with Crippen molar-refractivity contribution in [3.8, 4) is 0 Å². The van der Waals surface area contributed by atoms with Crippen molar-refractivity contribution in [2.45, 2.75) is 109 Å². The first-order valence-electron chi connectivity index (χ1n) is 14.7. The van der Waals surface area contributed by atoms with E-state index in [2.05, 4.69) is 17.6 Å². The first-order valence-corrected chi connectivity index (χ1v) is 14.7. The molecule has 0 heterocycles. The molecule has 4 atom stereocenters. The van der Waals surface area contributed by atoms with E-state index in [0.29, 0.717) is 6.42 Å². The van der Waals surface area contributed by atoms with E-state index in [-0.39, 0.29) is 29.8 Å². The Balaban J connectivity index is 1.70. The second kappa shape index (κ2) is 12.9. The first-order chi connectivity index (χ1) is 19.0. The van der Waals surface area contributed by atoms with E-state index < -0.39 is 23.8 Å². The number of benzene rings is 2. The largest absolute Gasteiger partial charge is 0.444 e. The normalized spacial score (nSPS) is 20.6. The summed E-state index contributed by atoms with van der Waals surface area (Å²) in [6.07, 6.45) is 5.76. The van der Waals surface area contributed by atoms with Crippen molar-refractivity contribution in [3.63, 3.8) is 0 Å². The van der Waals surface area contributed by atoms with Gasteiger partial charge in [0.15, 0.2) is 0 Å². The predicted octanol–water partition coefficient (Wildman–Crippen LogP) is 5.86. The third-order valence-corrected chi connectivity index (χ3v) is 7.79. The molecule has 2 saturated carbocycles. The number of alkyl carbamates (subject to hydrolysis) is 1. The lowest BCUT2D eigenvalue weighted by atomic mass is 9.94. The smallest absolute Gasteiger partial charge is 0.408 e. The molecule has 2 aromatic carbocycles. The third kappa shape index (κ3) is 8.09. The van der Waals surface area contributed by atoms with Gasteiger partial charge >= 0.3 is 6.09 Å². The molecule has 7 heteroatoms. The van der Waals surface area contributed by atoms with E-state index in [0.717, 1.165) is 48.8 Å². The van der Waals surface area contributed by atoms with E-state index in [4.69, 9.17) is 4.74 Å². The molecule has 0 spiro atoms. The van der Waals surface area contributed by atoms with Crippen LogP contribution >= 0.6 is 0 Å². The first kappa shape index (κ1) is 29.6. The van der Waals surface area contributed by atoms with E-state index in [1.54, 1.807) is 25.7 Å². The summed E-state index contributed by atoms with van der Waals surface area (Å²) in [4.78, 5) is 43.3. The van der Waals surface area contributed by atoms with Crippen LogP contribution in [0.5, 0.6) is 0 Å². The molecular weight excluding hydrogens is 502 g/mol. The molecule has 0 aromatic heterocycles. The number of rotatable bonds is 9. The maximum absolute atomic E-state index is 14.5. The van der Waals surface area contributed by atoms with Gasteiger partial charge in [0, 0.05) is 18.5 Å².